The first-order valence-electron chi connectivity index (χ1n) is 8.26. The molecule has 1 atom stereocenters. The molecular formula is C20H16Cl2N3O2S2-. The maximum Gasteiger partial charge on any atom is 0.277 e. The molecule has 0 fully saturated rings. The summed E-state index contributed by atoms with van der Waals surface area (Å²) >= 11 is 14.9. The van der Waals surface area contributed by atoms with E-state index in [-0.39, 0.29) is 11.0 Å². The molecule has 150 valence electrons. The summed E-state index contributed by atoms with van der Waals surface area (Å²) in [6, 6.07) is 15.8. The van der Waals surface area contributed by atoms with Crippen molar-refractivity contribution in [3.63, 3.8) is 0 Å². The van der Waals surface area contributed by atoms with Crippen LogP contribution in [0.4, 0.5) is 0 Å². The van der Waals surface area contributed by atoms with E-state index in [0.29, 0.717) is 14.9 Å². The fourth-order valence-corrected chi connectivity index (χ4v) is 4.91. The molecule has 2 heterocycles. The van der Waals surface area contributed by atoms with Gasteiger partial charge in [-0.3, -0.25) is 14.6 Å². The predicted octanol–water partition coefficient (Wildman–Crippen LogP) is 5.57. The van der Waals surface area contributed by atoms with Gasteiger partial charge in [-0.05, 0) is 52.2 Å². The Kier molecular flexibility index (Phi) is 6.77. The standard InChI is InChI=1S/C20H14Cl2N2O2S2.H3N/c21-14-5-3-4-12(10-14)17(13-8-9-27-11-13)24-20(26)18(19(25)23-24)28-16-7-2-1-6-15(16)22;/h1-11,17,26H,(H,23,25);1H3/p-1. The van der Waals surface area contributed by atoms with Crippen molar-refractivity contribution < 1.29 is 5.11 Å². The summed E-state index contributed by atoms with van der Waals surface area (Å²) in [6.07, 6.45) is 0. The number of H-pyrrole nitrogens is 1. The van der Waals surface area contributed by atoms with Crippen LogP contribution in [0, 0.1) is 0 Å². The van der Waals surface area contributed by atoms with Crippen molar-refractivity contribution >= 4 is 46.3 Å². The van der Waals surface area contributed by atoms with E-state index >= 15 is 0 Å². The van der Waals surface area contributed by atoms with Crippen LogP contribution in [0.5, 0.6) is 5.88 Å². The van der Waals surface area contributed by atoms with Crippen molar-refractivity contribution in [2.75, 3.05) is 0 Å². The van der Waals surface area contributed by atoms with Gasteiger partial charge in [0.2, 0.25) is 0 Å². The average molecular weight is 465 g/mol. The van der Waals surface area contributed by atoms with E-state index < -0.39 is 17.5 Å². The SMILES string of the molecule is N.O=c1[nH]n(C(c2ccsc2)c2cccc(Cl)c2)c([O-])c1Sc1ccccc1Cl. The lowest BCUT2D eigenvalue weighted by Crippen LogP contribution is -2.17. The minimum Gasteiger partial charge on any atom is -0.858 e. The quantitative estimate of drug-likeness (QED) is 0.403. The smallest absolute Gasteiger partial charge is 0.277 e. The van der Waals surface area contributed by atoms with E-state index in [0.717, 1.165) is 22.9 Å². The van der Waals surface area contributed by atoms with Gasteiger partial charge in [-0.25, -0.2) is 0 Å². The van der Waals surface area contributed by atoms with Gasteiger partial charge in [-0.2, -0.15) is 11.3 Å². The zero-order chi connectivity index (χ0) is 19.7. The molecular weight excluding hydrogens is 449 g/mol. The number of aromatic amines is 1. The largest absolute Gasteiger partial charge is 0.858 e. The lowest BCUT2D eigenvalue weighted by Gasteiger charge is -2.23. The minimum atomic E-state index is -0.481. The van der Waals surface area contributed by atoms with E-state index in [9.17, 15) is 9.90 Å². The first kappa shape index (κ1) is 21.5. The van der Waals surface area contributed by atoms with Crippen molar-refractivity contribution in [1.29, 1.82) is 0 Å². The molecule has 0 spiro atoms. The molecule has 2 aromatic carbocycles. The van der Waals surface area contributed by atoms with Crippen LogP contribution in [0.25, 0.3) is 0 Å². The molecule has 0 radical (unpaired) electrons. The minimum absolute atomic E-state index is 0. The number of hydrogen-bond donors (Lipinski definition) is 2. The number of rotatable bonds is 5. The Labute approximate surface area is 185 Å². The molecule has 4 rings (SSSR count). The first-order valence-corrected chi connectivity index (χ1v) is 10.8. The molecule has 2 aromatic heterocycles. The molecule has 0 aliphatic carbocycles. The number of nitrogens with zero attached hydrogens (tertiary/aromatic N) is 1. The van der Waals surface area contributed by atoms with E-state index in [4.69, 9.17) is 23.2 Å². The Morgan fingerprint density at radius 3 is 2.55 bits per heavy atom. The molecule has 0 amide bonds. The summed E-state index contributed by atoms with van der Waals surface area (Å²) in [7, 11) is 0. The number of aromatic nitrogens is 2. The third-order valence-corrected chi connectivity index (χ3v) is 6.69. The van der Waals surface area contributed by atoms with Crippen molar-refractivity contribution in [2.45, 2.75) is 15.8 Å². The molecule has 9 heteroatoms. The molecule has 5 nitrogen and oxygen atoms in total. The molecule has 4 N–H and O–H groups in total. The first-order chi connectivity index (χ1) is 13.5. The number of benzene rings is 2. The van der Waals surface area contributed by atoms with Gasteiger partial charge < -0.3 is 11.3 Å². The summed E-state index contributed by atoms with van der Waals surface area (Å²) in [5.41, 5.74) is 1.26. The fourth-order valence-electron chi connectivity index (χ4n) is 2.92. The molecule has 0 saturated carbocycles. The van der Waals surface area contributed by atoms with E-state index in [1.807, 2.05) is 35.0 Å². The van der Waals surface area contributed by atoms with Crippen LogP contribution >= 0.6 is 46.3 Å². The number of halogens is 2. The van der Waals surface area contributed by atoms with Gasteiger partial charge in [0.25, 0.3) is 5.56 Å². The Morgan fingerprint density at radius 2 is 1.86 bits per heavy atom. The van der Waals surface area contributed by atoms with Crippen LogP contribution in [0.2, 0.25) is 10.0 Å². The molecule has 1 unspecified atom stereocenters. The monoisotopic (exact) mass is 464 g/mol. The number of hydrogen-bond acceptors (Lipinski definition) is 5. The zero-order valence-corrected chi connectivity index (χ0v) is 18.1. The van der Waals surface area contributed by atoms with E-state index in [1.165, 1.54) is 16.0 Å². The van der Waals surface area contributed by atoms with Crippen LogP contribution in [0.1, 0.15) is 17.2 Å². The summed E-state index contributed by atoms with van der Waals surface area (Å²) in [6.45, 7) is 0. The summed E-state index contributed by atoms with van der Waals surface area (Å²) < 4.78 is 1.36. The zero-order valence-electron chi connectivity index (χ0n) is 15.0. The number of nitrogens with one attached hydrogen (secondary N) is 1. The fraction of sp³-hybridized carbons (Fsp3) is 0.0500. The normalized spacial score (nSPS) is 11.8. The Morgan fingerprint density at radius 1 is 1.07 bits per heavy atom. The van der Waals surface area contributed by atoms with Crippen molar-refractivity contribution in [1.82, 2.24) is 15.9 Å². The molecule has 0 bridgehead atoms. The van der Waals surface area contributed by atoms with Crippen LogP contribution in [-0.4, -0.2) is 9.78 Å². The Bertz CT molecular complexity index is 1170. The highest BCUT2D eigenvalue weighted by atomic mass is 35.5. The summed E-state index contributed by atoms with van der Waals surface area (Å²) in [4.78, 5) is 13.3. The highest BCUT2D eigenvalue weighted by Crippen LogP contribution is 2.38. The topological polar surface area (TPSA) is 95.8 Å². The maximum absolute atomic E-state index is 13.1. The predicted molar refractivity (Wildman–Crippen MR) is 118 cm³/mol. The van der Waals surface area contributed by atoms with Crippen LogP contribution in [-0.2, 0) is 0 Å². The van der Waals surface area contributed by atoms with E-state index in [2.05, 4.69) is 5.10 Å². The van der Waals surface area contributed by atoms with Crippen LogP contribution in [0.15, 0.2) is 79.9 Å². The Balaban J connectivity index is 0.00000240. The van der Waals surface area contributed by atoms with Gasteiger partial charge in [0.15, 0.2) is 0 Å². The van der Waals surface area contributed by atoms with Crippen LogP contribution in [0.3, 0.4) is 0 Å². The Hall–Kier alpha value is -2.16. The van der Waals surface area contributed by atoms with Crippen molar-refractivity contribution in [3.8, 4) is 5.88 Å². The third kappa shape index (κ3) is 4.39. The molecule has 0 aliphatic rings. The van der Waals surface area contributed by atoms with Gasteiger partial charge in [-0.1, -0.05) is 59.2 Å². The molecule has 0 saturated heterocycles. The number of thiophene rings is 1. The molecule has 4 aromatic rings. The van der Waals surface area contributed by atoms with Crippen molar-refractivity contribution in [2.24, 2.45) is 0 Å². The lowest BCUT2D eigenvalue weighted by atomic mass is 10.0. The van der Waals surface area contributed by atoms with E-state index in [1.54, 1.807) is 30.3 Å². The van der Waals surface area contributed by atoms with Gasteiger partial charge in [0, 0.05) is 15.8 Å². The summed E-state index contributed by atoms with van der Waals surface area (Å²) in [5.74, 6) is -0.397. The molecule has 29 heavy (non-hydrogen) atoms. The van der Waals surface area contributed by atoms with Gasteiger partial charge in [0.05, 0.1) is 16.0 Å². The second-order valence-corrected chi connectivity index (χ2v) is 8.67. The third-order valence-electron chi connectivity index (χ3n) is 4.17. The highest BCUT2D eigenvalue weighted by molar-refractivity contribution is 7.99. The second kappa shape index (κ2) is 9.11. The molecule has 0 aliphatic heterocycles. The average Bonchev–Trinajstić information content (AvgIpc) is 3.29. The van der Waals surface area contributed by atoms with Gasteiger partial charge >= 0.3 is 0 Å². The summed E-state index contributed by atoms with van der Waals surface area (Å²) in [5, 5.41) is 20.8. The van der Waals surface area contributed by atoms with Gasteiger partial charge in [0.1, 0.15) is 0 Å². The van der Waals surface area contributed by atoms with Crippen LogP contribution < -0.4 is 16.8 Å². The highest BCUT2D eigenvalue weighted by Gasteiger charge is 2.21. The lowest BCUT2D eigenvalue weighted by molar-refractivity contribution is -0.284. The maximum atomic E-state index is 13.1. The second-order valence-electron chi connectivity index (χ2n) is 5.99. The van der Waals surface area contributed by atoms with Crippen molar-refractivity contribution in [3.05, 3.63) is 96.9 Å². The van der Waals surface area contributed by atoms with Gasteiger partial charge in [-0.15, -0.1) is 0 Å².